The number of hydrogen-bond donors (Lipinski definition) is 0. The molecule has 0 unspecified atom stereocenters. The highest BCUT2D eigenvalue weighted by atomic mass is 15.2. The van der Waals surface area contributed by atoms with E-state index in [1.807, 2.05) is 0 Å². The Morgan fingerprint density at radius 2 is 1.75 bits per heavy atom. The van der Waals surface area contributed by atoms with Gasteiger partial charge in [0.05, 0.1) is 0 Å². The third kappa shape index (κ3) is 1.89. The number of rotatable bonds is 2. The van der Waals surface area contributed by atoms with Gasteiger partial charge in [0, 0.05) is 12.1 Å². The van der Waals surface area contributed by atoms with Crippen molar-refractivity contribution in [3.63, 3.8) is 0 Å². The van der Waals surface area contributed by atoms with Crippen LogP contribution in [0.1, 0.15) is 29.2 Å². The Labute approximate surface area is 121 Å². The predicted octanol–water partition coefficient (Wildman–Crippen LogP) is 3.85. The molecule has 1 fully saturated rings. The van der Waals surface area contributed by atoms with E-state index < -0.39 is 0 Å². The molecule has 0 aromatic heterocycles. The standard InChI is InChI=1S/C19H21N/c1-20-17(11-14-7-3-2-4-8-14)13-16-12-15-9-5-6-10-18(15)19(16)20/h2-10,16-17,19H,11-13H2,1H3/t16-,17-,19+/m0/s1. The minimum atomic E-state index is 0.653. The van der Waals surface area contributed by atoms with E-state index >= 15 is 0 Å². The first-order valence-electron chi connectivity index (χ1n) is 7.66. The van der Waals surface area contributed by atoms with Crippen LogP contribution in [0.25, 0.3) is 0 Å². The Balaban J connectivity index is 1.57. The molecule has 2 aromatic rings. The van der Waals surface area contributed by atoms with Gasteiger partial charge in [-0.15, -0.1) is 0 Å². The zero-order valence-electron chi connectivity index (χ0n) is 12.0. The van der Waals surface area contributed by atoms with Crippen molar-refractivity contribution in [2.75, 3.05) is 7.05 Å². The Hall–Kier alpha value is -1.60. The summed E-state index contributed by atoms with van der Waals surface area (Å²) in [6.45, 7) is 0. The van der Waals surface area contributed by atoms with E-state index in [2.05, 4.69) is 66.5 Å². The molecule has 1 aliphatic heterocycles. The van der Waals surface area contributed by atoms with Gasteiger partial charge in [0.1, 0.15) is 0 Å². The maximum Gasteiger partial charge on any atom is 0.0382 e. The monoisotopic (exact) mass is 263 g/mol. The molecule has 0 amide bonds. The zero-order chi connectivity index (χ0) is 13.5. The summed E-state index contributed by atoms with van der Waals surface area (Å²) in [6.07, 6.45) is 3.80. The molecule has 0 spiro atoms. The third-order valence-corrected chi connectivity index (χ3v) is 5.21. The molecule has 2 aromatic carbocycles. The largest absolute Gasteiger partial charge is 0.296 e. The molecule has 0 N–H and O–H groups in total. The zero-order valence-corrected chi connectivity index (χ0v) is 12.0. The van der Waals surface area contributed by atoms with Crippen LogP contribution in [0.5, 0.6) is 0 Å². The molecule has 1 heteroatoms. The number of nitrogens with zero attached hydrogens (tertiary/aromatic N) is 1. The summed E-state index contributed by atoms with van der Waals surface area (Å²) in [6, 6.07) is 21.3. The second-order valence-corrected chi connectivity index (χ2v) is 6.35. The second-order valence-electron chi connectivity index (χ2n) is 6.35. The van der Waals surface area contributed by atoms with Gasteiger partial charge in [-0.2, -0.15) is 0 Å². The van der Waals surface area contributed by atoms with E-state index in [4.69, 9.17) is 0 Å². The summed E-state index contributed by atoms with van der Waals surface area (Å²) in [7, 11) is 2.32. The molecule has 0 saturated carbocycles. The van der Waals surface area contributed by atoms with E-state index in [0.717, 1.165) is 5.92 Å². The van der Waals surface area contributed by atoms with Crippen molar-refractivity contribution in [2.24, 2.45) is 5.92 Å². The molecule has 1 heterocycles. The molecule has 20 heavy (non-hydrogen) atoms. The fourth-order valence-electron chi connectivity index (χ4n) is 4.28. The van der Waals surface area contributed by atoms with Gasteiger partial charge in [0.2, 0.25) is 0 Å². The van der Waals surface area contributed by atoms with Crippen LogP contribution in [-0.4, -0.2) is 18.0 Å². The molecule has 0 bridgehead atoms. The van der Waals surface area contributed by atoms with Gasteiger partial charge in [-0.1, -0.05) is 54.6 Å². The number of benzene rings is 2. The lowest BCUT2D eigenvalue weighted by atomic mass is 9.97. The smallest absolute Gasteiger partial charge is 0.0382 e. The summed E-state index contributed by atoms with van der Waals surface area (Å²) in [4.78, 5) is 2.63. The van der Waals surface area contributed by atoms with Crippen molar-refractivity contribution in [1.29, 1.82) is 0 Å². The molecular weight excluding hydrogens is 242 g/mol. The Morgan fingerprint density at radius 3 is 2.60 bits per heavy atom. The Kier molecular flexibility index (Phi) is 2.89. The van der Waals surface area contributed by atoms with Crippen molar-refractivity contribution < 1.29 is 0 Å². The van der Waals surface area contributed by atoms with Crippen molar-refractivity contribution >= 4 is 0 Å². The SMILES string of the molecule is CN1[C@@H](Cc2ccccc2)C[C@@H]2Cc3ccccc3[C@@H]21. The van der Waals surface area contributed by atoms with Crippen LogP contribution in [0.3, 0.4) is 0 Å². The molecule has 102 valence electrons. The van der Waals surface area contributed by atoms with E-state index in [9.17, 15) is 0 Å². The normalized spacial score (nSPS) is 28.4. The maximum absolute atomic E-state index is 2.63. The maximum atomic E-state index is 2.63. The summed E-state index contributed by atoms with van der Waals surface area (Å²) < 4.78 is 0. The van der Waals surface area contributed by atoms with Crippen LogP contribution in [0, 0.1) is 5.92 Å². The molecule has 1 nitrogen and oxygen atoms in total. The van der Waals surface area contributed by atoms with Gasteiger partial charge in [-0.3, -0.25) is 4.90 Å². The summed E-state index contributed by atoms with van der Waals surface area (Å²) >= 11 is 0. The Morgan fingerprint density at radius 1 is 1.00 bits per heavy atom. The highest BCUT2D eigenvalue weighted by Gasteiger charge is 2.44. The van der Waals surface area contributed by atoms with E-state index in [1.165, 1.54) is 24.8 Å². The van der Waals surface area contributed by atoms with Gasteiger partial charge in [0.15, 0.2) is 0 Å². The van der Waals surface area contributed by atoms with Crippen LogP contribution < -0.4 is 0 Å². The van der Waals surface area contributed by atoms with E-state index in [1.54, 1.807) is 11.1 Å². The molecule has 3 atom stereocenters. The number of fused-ring (bicyclic) bond motifs is 3. The molecule has 1 saturated heterocycles. The summed E-state index contributed by atoms with van der Waals surface area (Å²) in [5.74, 6) is 0.825. The van der Waals surface area contributed by atoms with Crippen molar-refractivity contribution in [1.82, 2.24) is 4.90 Å². The van der Waals surface area contributed by atoms with Crippen LogP contribution in [0.4, 0.5) is 0 Å². The van der Waals surface area contributed by atoms with E-state index in [-0.39, 0.29) is 0 Å². The van der Waals surface area contributed by atoms with Gasteiger partial charge >= 0.3 is 0 Å². The quantitative estimate of drug-likeness (QED) is 0.795. The number of likely N-dealkylation sites (tertiary alicyclic amines) is 1. The average Bonchev–Trinajstić information content (AvgIpc) is 2.98. The first-order valence-corrected chi connectivity index (χ1v) is 7.66. The lowest BCUT2D eigenvalue weighted by molar-refractivity contribution is 0.233. The molecule has 1 aliphatic carbocycles. The van der Waals surface area contributed by atoms with Crippen LogP contribution in [-0.2, 0) is 12.8 Å². The Bertz CT molecular complexity index is 604. The lowest BCUT2D eigenvalue weighted by Crippen LogP contribution is -2.29. The number of likely N-dealkylation sites (N-methyl/N-ethyl adjacent to an activating group) is 1. The molecule has 2 aliphatic rings. The van der Waals surface area contributed by atoms with Gasteiger partial charge in [0.25, 0.3) is 0 Å². The van der Waals surface area contributed by atoms with Crippen LogP contribution >= 0.6 is 0 Å². The second kappa shape index (κ2) is 4.75. The summed E-state index contributed by atoms with van der Waals surface area (Å²) in [5, 5.41) is 0. The molecule has 0 radical (unpaired) electrons. The highest BCUT2D eigenvalue weighted by molar-refractivity contribution is 5.37. The van der Waals surface area contributed by atoms with Crippen molar-refractivity contribution in [3.05, 3.63) is 71.3 Å². The fourth-order valence-corrected chi connectivity index (χ4v) is 4.28. The predicted molar refractivity (Wildman–Crippen MR) is 82.7 cm³/mol. The van der Waals surface area contributed by atoms with Gasteiger partial charge < -0.3 is 0 Å². The lowest BCUT2D eigenvalue weighted by Gasteiger charge is -2.26. The highest BCUT2D eigenvalue weighted by Crippen LogP contribution is 2.48. The fraction of sp³-hybridized carbons (Fsp3) is 0.368. The van der Waals surface area contributed by atoms with Crippen molar-refractivity contribution in [2.45, 2.75) is 31.3 Å². The average molecular weight is 263 g/mol. The van der Waals surface area contributed by atoms with Crippen LogP contribution in [0.15, 0.2) is 54.6 Å². The third-order valence-electron chi connectivity index (χ3n) is 5.21. The number of hydrogen-bond acceptors (Lipinski definition) is 1. The topological polar surface area (TPSA) is 3.24 Å². The van der Waals surface area contributed by atoms with Crippen LogP contribution in [0.2, 0.25) is 0 Å². The first-order chi connectivity index (χ1) is 9.83. The first kappa shape index (κ1) is 12.2. The minimum absolute atomic E-state index is 0.653. The van der Waals surface area contributed by atoms with Gasteiger partial charge in [-0.05, 0) is 48.9 Å². The van der Waals surface area contributed by atoms with E-state index in [0.29, 0.717) is 12.1 Å². The minimum Gasteiger partial charge on any atom is -0.296 e. The molecular formula is C19H21N. The summed E-state index contributed by atoms with van der Waals surface area (Å²) in [5.41, 5.74) is 4.63. The molecule has 4 rings (SSSR count). The van der Waals surface area contributed by atoms with Crippen molar-refractivity contribution in [3.8, 4) is 0 Å². The van der Waals surface area contributed by atoms with Gasteiger partial charge in [-0.25, -0.2) is 0 Å².